The first-order chi connectivity index (χ1) is 14.2. The fourth-order valence-electron chi connectivity index (χ4n) is 4.73. The molecule has 1 heterocycles. The second-order valence-electron chi connectivity index (χ2n) is 8.77. The highest BCUT2D eigenvalue weighted by molar-refractivity contribution is 6.78. The van der Waals surface area contributed by atoms with Crippen LogP contribution in [-0.4, -0.2) is 18.3 Å². The Bertz CT molecular complexity index is 1040. The van der Waals surface area contributed by atoms with E-state index in [9.17, 15) is 0 Å². The SMILES string of the molecule is C=Cc1ccc2nc(Cl)nc(-c3cccc(O[Si](C(C)C)(C(C)C)C(C)C)c3)c2c1. The molecule has 0 saturated heterocycles. The molecule has 0 spiro atoms. The van der Waals surface area contributed by atoms with Crippen molar-refractivity contribution < 1.29 is 4.43 Å². The summed E-state index contributed by atoms with van der Waals surface area (Å²) in [6, 6.07) is 14.2. The van der Waals surface area contributed by atoms with Crippen LogP contribution in [0.2, 0.25) is 21.9 Å². The maximum atomic E-state index is 6.88. The topological polar surface area (TPSA) is 35.0 Å². The number of hydrogen-bond acceptors (Lipinski definition) is 3. The summed E-state index contributed by atoms with van der Waals surface area (Å²) in [6.45, 7) is 17.7. The molecular weight excluding hydrogens is 408 g/mol. The molecule has 0 radical (unpaired) electrons. The van der Waals surface area contributed by atoms with E-state index in [0.29, 0.717) is 16.6 Å². The van der Waals surface area contributed by atoms with Gasteiger partial charge in [0.1, 0.15) is 5.75 Å². The van der Waals surface area contributed by atoms with Crippen molar-refractivity contribution in [3.63, 3.8) is 0 Å². The number of aromatic nitrogens is 2. The maximum absolute atomic E-state index is 6.88. The molecule has 0 aliphatic rings. The number of nitrogens with zero attached hydrogens (tertiary/aromatic N) is 2. The first-order valence-electron chi connectivity index (χ1n) is 10.6. The van der Waals surface area contributed by atoms with Crippen LogP contribution >= 0.6 is 11.6 Å². The van der Waals surface area contributed by atoms with Crippen molar-refractivity contribution in [1.29, 1.82) is 0 Å². The summed E-state index contributed by atoms with van der Waals surface area (Å²) >= 11 is 6.25. The van der Waals surface area contributed by atoms with Crippen molar-refractivity contribution in [3.05, 3.63) is 59.9 Å². The highest BCUT2D eigenvalue weighted by Gasteiger charge is 2.47. The molecule has 3 nitrogen and oxygen atoms in total. The van der Waals surface area contributed by atoms with E-state index < -0.39 is 8.32 Å². The van der Waals surface area contributed by atoms with Gasteiger partial charge >= 0.3 is 0 Å². The molecule has 5 heteroatoms. The van der Waals surface area contributed by atoms with Gasteiger partial charge in [-0.05, 0) is 58.1 Å². The molecule has 158 valence electrons. The molecule has 0 amide bonds. The second-order valence-corrected chi connectivity index (χ2v) is 14.5. The summed E-state index contributed by atoms with van der Waals surface area (Å²) in [4.78, 5) is 8.95. The fourth-order valence-corrected chi connectivity index (χ4v) is 10.1. The third-order valence-corrected chi connectivity index (χ3v) is 12.2. The molecule has 0 fully saturated rings. The third-order valence-electron chi connectivity index (χ3n) is 6.04. The van der Waals surface area contributed by atoms with E-state index in [2.05, 4.69) is 82.4 Å². The number of hydrogen-bond donors (Lipinski definition) is 0. The molecule has 0 N–H and O–H groups in total. The number of benzene rings is 2. The van der Waals surface area contributed by atoms with E-state index in [1.807, 2.05) is 24.3 Å². The summed E-state index contributed by atoms with van der Waals surface area (Å²) in [6.07, 6.45) is 1.82. The Morgan fingerprint density at radius 2 is 1.60 bits per heavy atom. The Hall–Kier alpha value is -2.17. The van der Waals surface area contributed by atoms with Gasteiger partial charge in [-0.15, -0.1) is 0 Å². The quantitative estimate of drug-likeness (QED) is 0.275. The van der Waals surface area contributed by atoms with Gasteiger partial charge in [0.2, 0.25) is 5.28 Å². The predicted octanol–water partition coefficient (Wildman–Crippen LogP) is 8.15. The Labute approximate surface area is 186 Å². The van der Waals surface area contributed by atoms with Crippen LogP contribution in [0.1, 0.15) is 47.1 Å². The zero-order valence-electron chi connectivity index (χ0n) is 18.7. The number of fused-ring (bicyclic) bond motifs is 1. The molecule has 0 bridgehead atoms. The molecule has 3 aromatic rings. The molecule has 0 saturated carbocycles. The lowest BCUT2D eigenvalue weighted by molar-refractivity contribution is 0.480. The van der Waals surface area contributed by atoms with Gasteiger partial charge < -0.3 is 4.43 Å². The molecule has 0 aliphatic heterocycles. The van der Waals surface area contributed by atoms with Crippen LogP contribution in [0, 0.1) is 0 Å². The van der Waals surface area contributed by atoms with E-state index in [4.69, 9.17) is 16.0 Å². The summed E-state index contributed by atoms with van der Waals surface area (Å²) in [5.74, 6) is 0.901. The van der Waals surface area contributed by atoms with E-state index in [1.165, 1.54) is 0 Å². The van der Waals surface area contributed by atoms with Crippen LogP contribution in [0.3, 0.4) is 0 Å². The lowest BCUT2D eigenvalue weighted by Gasteiger charge is -2.42. The highest BCUT2D eigenvalue weighted by atomic mass is 35.5. The van der Waals surface area contributed by atoms with Gasteiger partial charge in [0.05, 0.1) is 11.2 Å². The number of rotatable bonds is 7. The Morgan fingerprint density at radius 1 is 0.933 bits per heavy atom. The van der Waals surface area contributed by atoms with Gasteiger partial charge in [-0.25, -0.2) is 9.97 Å². The van der Waals surface area contributed by atoms with Gasteiger partial charge in [-0.2, -0.15) is 0 Å². The van der Waals surface area contributed by atoms with Crippen molar-refractivity contribution in [2.24, 2.45) is 0 Å². The third kappa shape index (κ3) is 4.16. The highest BCUT2D eigenvalue weighted by Crippen LogP contribution is 2.43. The molecule has 0 unspecified atom stereocenters. The zero-order valence-corrected chi connectivity index (χ0v) is 20.5. The summed E-state index contributed by atoms with van der Waals surface area (Å²) in [5.41, 5.74) is 5.14. The lowest BCUT2D eigenvalue weighted by Crippen LogP contribution is -2.50. The minimum Gasteiger partial charge on any atom is -0.543 e. The van der Waals surface area contributed by atoms with Gasteiger partial charge in [0, 0.05) is 10.9 Å². The second kappa shape index (κ2) is 8.91. The van der Waals surface area contributed by atoms with Crippen LogP contribution in [0.25, 0.3) is 28.2 Å². The van der Waals surface area contributed by atoms with E-state index in [1.54, 1.807) is 0 Å². The Balaban J connectivity index is 2.13. The first kappa shape index (κ1) is 22.5. The molecule has 1 aromatic heterocycles. The zero-order chi connectivity index (χ0) is 22.1. The van der Waals surface area contributed by atoms with Crippen LogP contribution in [0.4, 0.5) is 0 Å². The lowest BCUT2D eigenvalue weighted by atomic mass is 10.0. The smallest absolute Gasteiger partial charge is 0.258 e. The van der Waals surface area contributed by atoms with Crippen molar-refractivity contribution in [3.8, 4) is 17.0 Å². The first-order valence-corrected chi connectivity index (χ1v) is 13.1. The summed E-state index contributed by atoms with van der Waals surface area (Å²) in [7, 11) is -2.04. The standard InChI is InChI=1S/C25H31ClN2OSi/c1-8-19-12-13-23-22(14-19)24(28-25(26)27-23)20-10-9-11-21(15-20)29-30(16(2)3,17(4)5)18(6)7/h8-18H,1H2,2-7H3. The minimum atomic E-state index is -2.04. The molecule has 30 heavy (non-hydrogen) atoms. The van der Waals surface area contributed by atoms with Crippen molar-refractivity contribution in [2.45, 2.75) is 58.2 Å². The van der Waals surface area contributed by atoms with E-state index >= 15 is 0 Å². The normalized spacial score (nSPS) is 12.2. The average Bonchev–Trinajstić information content (AvgIpc) is 2.70. The Morgan fingerprint density at radius 3 is 2.20 bits per heavy atom. The molecule has 2 aromatic carbocycles. The van der Waals surface area contributed by atoms with Gasteiger partial charge in [0.15, 0.2) is 0 Å². The average molecular weight is 439 g/mol. The molecule has 0 atom stereocenters. The summed E-state index contributed by atoms with van der Waals surface area (Å²) in [5, 5.41) is 1.19. The maximum Gasteiger partial charge on any atom is 0.258 e. The fraction of sp³-hybridized carbons (Fsp3) is 0.360. The van der Waals surface area contributed by atoms with Crippen molar-refractivity contribution in [1.82, 2.24) is 9.97 Å². The molecule has 3 rings (SSSR count). The van der Waals surface area contributed by atoms with Gasteiger partial charge in [0.25, 0.3) is 8.32 Å². The van der Waals surface area contributed by atoms with Gasteiger partial charge in [-0.3, -0.25) is 0 Å². The summed E-state index contributed by atoms with van der Waals surface area (Å²) < 4.78 is 6.88. The van der Waals surface area contributed by atoms with Crippen LogP contribution < -0.4 is 4.43 Å². The minimum absolute atomic E-state index is 0.241. The molecular formula is C25H31ClN2OSi. The van der Waals surface area contributed by atoms with E-state index in [0.717, 1.165) is 33.5 Å². The Kier molecular flexibility index (Phi) is 6.68. The predicted molar refractivity (Wildman–Crippen MR) is 132 cm³/mol. The molecule has 0 aliphatic carbocycles. The van der Waals surface area contributed by atoms with Gasteiger partial charge in [-0.1, -0.05) is 72.4 Å². The van der Waals surface area contributed by atoms with Crippen molar-refractivity contribution in [2.75, 3.05) is 0 Å². The largest absolute Gasteiger partial charge is 0.543 e. The monoisotopic (exact) mass is 438 g/mol. The van der Waals surface area contributed by atoms with E-state index in [-0.39, 0.29) is 5.28 Å². The van der Waals surface area contributed by atoms with Crippen molar-refractivity contribution >= 4 is 36.9 Å². The van der Waals surface area contributed by atoms with Crippen LogP contribution in [-0.2, 0) is 0 Å². The van der Waals surface area contributed by atoms with Crippen LogP contribution in [0.5, 0.6) is 5.75 Å². The van der Waals surface area contributed by atoms with Crippen LogP contribution in [0.15, 0.2) is 49.0 Å². The number of halogens is 1.